The fourth-order valence-corrected chi connectivity index (χ4v) is 1.19. The highest BCUT2D eigenvalue weighted by molar-refractivity contribution is 5.65. The average Bonchev–Trinajstić information content (AvgIpc) is 2.13. The van der Waals surface area contributed by atoms with Crippen LogP contribution >= 0.6 is 0 Å². The van der Waals surface area contributed by atoms with E-state index < -0.39 is 6.16 Å². The summed E-state index contributed by atoms with van der Waals surface area (Å²) in [4.78, 5) is 10.4. The summed E-state index contributed by atoms with van der Waals surface area (Å²) in [5.74, 6) is -0.0632. The van der Waals surface area contributed by atoms with Crippen molar-refractivity contribution in [2.75, 3.05) is 0 Å². The molecule has 0 fully saturated rings. The summed E-state index contributed by atoms with van der Waals surface area (Å²) in [6.07, 6.45) is -0.809. The van der Waals surface area contributed by atoms with E-state index in [0.717, 1.165) is 0 Å². The molecule has 0 aliphatic heterocycles. The Labute approximate surface area is 81.8 Å². The lowest BCUT2D eigenvalue weighted by Gasteiger charge is -2.09. The first-order valence-corrected chi connectivity index (χ1v) is 4.28. The lowest BCUT2D eigenvalue weighted by molar-refractivity contribution is 0.142. The fraction of sp³-hybridized carbons (Fsp3) is 0.300. The van der Waals surface area contributed by atoms with E-state index in [0.29, 0.717) is 17.5 Å². The molecule has 1 aromatic rings. The Kier molecular flexibility index (Phi) is 2.96. The highest BCUT2D eigenvalue weighted by atomic mass is 16.7. The topological polar surface area (TPSA) is 66.8 Å². The maximum atomic E-state index is 10.4. The minimum absolute atomic E-state index is 0.0417. The number of phenols is 1. The van der Waals surface area contributed by atoms with E-state index in [4.69, 9.17) is 5.11 Å². The molecule has 0 bridgehead atoms. The standard InChI is InChI=1S/C10H12O4/c1-3-7-5-4-6(2)8(11)9(7)14-10(12)13/h4-5,11H,3H2,1-2H3,(H,12,13). The van der Waals surface area contributed by atoms with Crippen LogP contribution in [0.15, 0.2) is 12.1 Å². The molecular formula is C10H12O4. The van der Waals surface area contributed by atoms with Gasteiger partial charge in [0, 0.05) is 0 Å². The Morgan fingerprint density at radius 2 is 2.14 bits per heavy atom. The molecule has 0 radical (unpaired) electrons. The minimum atomic E-state index is -1.42. The molecule has 14 heavy (non-hydrogen) atoms. The normalized spacial score (nSPS) is 9.86. The van der Waals surface area contributed by atoms with E-state index in [1.54, 1.807) is 19.1 Å². The van der Waals surface area contributed by atoms with Crippen molar-refractivity contribution in [3.63, 3.8) is 0 Å². The van der Waals surface area contributed by atoms with Crippen molar-refractivity contribution in [2.45, 2.75) is 20.3 Å². The van der Waals surface area contributed by atoms with Gasteiger partial charge in [-0.05, 0) is 24.5 Å². The quantitative estimate of drug-likeness (QED) is 0.562. The molecule has 0 spiro atoms. The molecule has 0 atom stereocenters. The Morgan fingerprint density at radius 1 is 1.50 bits per heavy atom. The van der Waals surface area contributed by atoms with Gasteiger partial charge in [-0.15, -0.1) is 0 Å². The Bertz CT molecular complexity index is 357. The summed E-state index contributed by atoms with van der Waals surface area (Å²) < 4.78 is 4.51. The highest BCUT2D eigenvalue weighted by Crippen LogP contribution is 2.33. The zero-order valence-corrected chi connectivity index (χ0v) is 8.07. The number of ether oxygens (including phenoxy) is 1. The van der Waals surface area contributed by atoms with Gasteiger partial charge in [0.25, 0.3) is 0 Å². The van der Waals surface area contributed by atoms with Crippen LogP contribution in [0.3, 0.4) is 0 Å². The number of aromatic hydroxyl groups is 1. The molecule has 2 N–H and O–H groups in total. The van der Waals surface area contributed by atoms with Crippen LogP contribution in [0.1, 0.15) is 18.1 Å². The maximum absolute atomic E-state index is 10.4. The SMILES string of the molecule is CCc1ccc(C)c(O)c1OC(=O)O. The molecule has 0 saturated carbocycles. The monoisotopic (exact) mass is 196 g/mol. The Morgan fingerprint density at radius 3 is 2.64 bits per heavy atom. The van der Waals surface area contributed by atoms with E-state index >= 15 is 0 Å². The van der Waals surface area contributed by atoms with Crippen LogP contribution in [0.25, 0.3) is 0 Å². The van der Waals surface area contributed by atoms with Crippen LogP contribution in [0.2, 0.25) is 0 Å². The Balaban J connectivity index is 3.20. The van der Waals surface area contributed by atoms with Gasteiger partial charge in [-0.1, -0.05) is 19.1 Å². The summed E-state index contributed by atoms with van der Waals surface area (Å²) >= 11 is 0. The van der Waals surface area contributed by atoms with Crippen LogP contribution in [0.5, 0.6) is 11.5 Å². The number of benzene rings is 1. The zero-order valence-electron chi connectivity index (χ0n) is 8.07. The van der Waals surface area contributed by atoms with Crippen molar-refractivity contribution in [2.24, 2.45) is 0 Å². The second-order valence-electron chi connectivity index (χ2n) is 2.94. The smallest absolute Gasteiger partial charge is 0.504 e. The van der Waals surface area contributed by atoms with Crippen LogP contribution in [-0.2, 0) is 6.42 Å². The first-order chi connectivity index (χ1) is 6.56. The van der Waals surface area contributed by atoms with Crippen molar-refractivity contribution >= 4 is 6.16 Å². The number of rotatable bonds is 2. The van der Waals surface area contributed by atoms with Gasteiger partial charge in [0.05, 0.1) is 0 Å². The summed E-state index contributed by atoms with van der Waals surface area (Å²) in [6, 6.07) is 3.47. The lowest BCUT2D eigenvalue weighted by atomic mass is 10.1. The second-order valence-corrected chi connectivity index (χ2v) is 2.94. The molecular weight excluding hydrogens is 184 g/mol. The number of hydrogen-bond donors (Lipinski definition) is 2. The van der Waals surface area contributed by atoms with Crippen molar-refractivity contribution in [1.29, 1.82) is 0 Å². The van der Waals surface area contributed by atoms with Gasteiger partial charge in [-0.3, -0.25) is 0 Å². The first-order valence-electron chi connectivity index (χ1n) is 4.28. The zero-order chi connectivity index (χ0) is 10.7. The molecule has 0 aliphatic rings. The summed E-state index contributed by atoms with van der Waals surface area (Å²) in [7, 11) is 0. The number of carboxylic acid groups (broad SMARTS) is 1. The van der Waals surface area contributed by atoms with E-state index in [9.17, 15) is 9.90 Å². The molecule has 0 unspecified atom stereocenters. The molecule has 4 heteroatoms. The number of hydrogen-bond acceptors (Lipinski definition) is 3. The third-order valence-corrected chi connectivity index (χ3v) is 1.99. The number of aryl methyl sites for hydroxylation is 2. The van der Waals surface area contributed by atoms with Gasteiger partial charge in [0.2, 0.25) is 0 Å². The second kappa shape index (κ2) is 4.00. The van der Waals surface area contributed by atoms with Crippen molar-refractivity contribution in [3.8, 4) is 11.5 Å². The largest absolute Gasteiger partial charge is 0.511 e. The van der Waals surface area contributed by atoms with E-state index in [1.165, 1.54) is 0 Å². The summed E-state index contributed by atoms with van der Waals surface area (Å²) in [6.45, 7) is 3.54. The Hall–Kier alpha value is -1.71. The predicted octanol–water partition coefficient (Wildman–Crippen LogP) is 2.32. The molecule has 1 rings (SSSR count). The van der Waals surface area contributed by atoms with Crippen molar-refractivity contribution in [1.82, 2.24) is 0 Å². The van der Waals surface area contributed by atoms with Crippen LogP contribution in [-0.4, -0.2) is 16.4 Å². The molecule has 4 nitrogen and oxygen atoms in total. The summed E-state index contributed by atoms with van der Waals surface area (Å²) in [5.41, 5.74) is 1.27. The maximum Gasteiger partial charge on any atom is 0.511 e. The molecule has 0 amide bonds. The molecule has 0 aromatic heterocycles. The van der Waals surface area contributed by atoms with Crippen LogP contribution < -0.4 is 4.74 Å². The first kappa shape index (κ1) is 10.4. The van der Waals surface area contributed by atoms with Crippen molar-refractivity contribution < 1.29 is 19.7 Å². The molecule has 1 aromatic carbocycles. The number of phenolic OH excluding ortho intramolecular Hbond substituents is 1. The van der Waals surface area contributed by atoms with Crippen LogP contribution in [0.4, 0.5) is 4.79 Å². The minimum Gasteiger partial charge on any atom is -0.504 e. The molecule has 0 aliphatic carbocycles. The van der Waals surface area contributed by atoms with Crippen molar-refractivity contribution in [3.05, 3.63) is 23.3 Å². The van der Waals surface area contributed by atoms with E-state index in [-0.39, 0.29) is 11.5 Å². The average molecular weight is 196 g/mol. The van der Waals surface area contributed by atoms with Gasteiger partial charge in [0.1, 0.15) is 0 Å². The third-order valence-electron chi connectivity index (χ3n) is 1.99. The van der Waals surface area contributed by atoms with Gasteiger partial charge >= 0.3 is 6.16 Å². The highest BCUT2D eigenvalue weighted by Gasteiger charge is 2.13. The van der Waals surface area contributed by atoms with E-state index in [1.807, 2.05) is 6.92 Å². The molecule has 0 heterocycles. The van der Waals surface area contributed by atoms with Gasteiger partial charge in [0.15, 0.2) is 11.5 Å². The number of carbonyl (C=O) groups is 1. The van der Waals surface area contributed by atoms with Gasteiger partial charge < -0.3 is 14.9 Å². The molecule has 0 saturated heterocycles. The van der Waals surface area contributed by atoms with Gasteiger partial charge in [-0.25, -0.2) is 4.79 Å². The van der Waals surface area contributed by atoms with Gasteiger partial charge in [-0.2, -0.15) is 0 Å². The fourth-order valence-electron chi connectivity index (χ4n) is 1.19. The van der Waals surface area contributed by atoms with E-state index in [2.05, 4.69) is 4.74 Å². The lowest BCUT2D eigenvalue weighted by Crippen LogP contribution is -2.05. The predicted molar refractivity (Wildman–Crippen MR) is 50.9 cm³/mol. The summed E-state index contributed by atoms with van der Waals surface area (Å²) in [5, 5.41) is 18.0. The third kappa shape index (κ3) is 1.96. The molecule has 76 valence electrons. The van der Waals surface area contributed by atoms with Crippen LogP contribution in [0, 0.1) is 6.92 Å².